The molecule has 0 aliphatic rings. The quantitative estimate of drug-likeness (QED) is 0.640. The third kappa shape index (κ3) is 2.97. The third-order valence-corrected chi connectivity index (χ3v) is 4.35. The van der Waals surface area contributed by atoms with Gasteiger partial charge in [0.15, 0.2) is 9.84 Å². The summed E-state index contributed by atoms with van der Waals surface area (Å²) in [5, 5.41) is 3.32. The van der Waals surface area contributed by atoms with Crippen molar-refractivity contribution in [3.05, 3.63) is 52.2 Å². The van der Waals surface area contributed by atoms with E-state index in [1.54, 1.807) is 16.8 Å². The molecule has 4 nitrogen and oxygen atoms in total. The first-order chi connectivity index (χ1) is 8.89. The predicted octanol–water partition coefficient (Wildman–Crippen LogP) is 2.22. The summed E-state index contributed by atoms with van der Waals surface area (Å²) in [5.41, 5.74) is 0.533. The summed E-state index contributed by atoms with van der Waals surface area (Å²) in [4.78, 5) is 23.9. The Labute approximate surface area is 114 Å². The first kappa shape index (κ1) is 13.6. The van der Waals surface area contributed by atoms with Crippen LogP contribution in [0, 0.1) is 0 Å². The molecule has 2 rings (SSSR count). The minimum absolute atomic E-state index is 0.118. The molecule has 98 valence electrons. The van der Waals surface area contributed by atoms with Crippen molar-refractivity contribution in [3.63, 3.8) is 0 Å². The molecular weight excluding hydrogens is 284 g/mol. The number of hydrogen-bond donors (Lipinski definition) is 0. The summed E-state index contributed by atoms with van der Waals surface area (Å²) in [6.45, 7) is 0. The van der Waals surface area contributed by atoms with E-state index in [2.05, 4.69) is 0 Å². The molecule has 0 bridgehead atoms. The fraction of sp³-hybridized carbons (Fsp3) is 0.0769. The second-order valence-corrected chi connectivity index (χ2v) is 6.76. The van der Waals surface area contributed by atoms with Gasteiger partial charge in [-0.05, 0) is 35.7 Å². The van der Waals surface area contributed by atoms with E-state index >= 15 is 0 Å². The van der Waals surface area contributed by atoms with Gasteiger partial charge in [0.2, 0.25) is 11.6 Å². The second-order valence-electron chi connectivity index (χ2n) is 3.97. The highest BCUT2D eigenvalue weighted by molar-refractivity contribution is 7.90. The molecule has 0 atom stereocenters. The summed E-state index contributed by atoms with van der Waals surface area (Å²) in [7, 11) is -3.30. The summed E-state index contributed by atoms with van der Waals surface area (Å²) >= 11 is 1.33. The molecule has 1 heterocycles. The van der Waals surface area contributed by atoms with Gasteiger partial charge >= 0.3 is 0 Å². The van der Waals surface area contributed by atoms with Crippen molar-refractivity contribution >= 4 is 32.7 Å². The average molecular weight is 294 g/mol. The summed E-state index contributed by atoms with van der Waals surface area (Å²) in [5.74, 6) is -1.23. The van der Waals surface area contributed by atoms with Gasteiger partial charge in [0.1, 0.15) is 0 Å². The van der Waals surface area contributed by atoms with Crippen LogP contribution in [0.25, 0.3) is 0 Å². The summed E-state index contributed by atoms with van der Waals surface area (Å²) in [6, 6.07) is 6.93. The molecule has 6 heteroatoms. The zero-order chi connectivity index (χ0) is 14.0. The Bertz CT molecular complexity index is 711. The molecule has 1 aromatic heterocycles. The maximum atomic E-state index is 11.9. The SMILES string of the molecule is CS(=O)(=O)c1ccc(C(=O)C(=O)c2ccsc2)cc1. The van der Waals surface area contributed by atoms with E-state index in [0.29, 0.717) is 5.56 Å². The maximum Gasteiger partial charge on any atom is 0.234 e. The van der Waals surface area contributed by atoms with Crippen LogP contribution in [0.1, 0.15) is 20.7 Å². The smallest absolute Gasteiger partial charge is 0.234 e. The monoisotopic (exact) mass is 294 g/mol. The number of Topliss-reactive ketones (excluding diaryl/α,β-unsaturated/α-hetero) is 2. The van der Waals surface area contributed by atoms with Crippen molar-refractivity contribution in [2.45, 2.75) is 4.90 Å². The number of carbonyl (C=O) groups excluding carboxylic acids is 2. The Morgan fingerprint density at radius 2 is 1.53 bits per heavy atom. The van der Waals surface area contributed by atoms with Crippen LogP contribution in [-0.2, 0) is 9.84 Å². The van der Waals surface area contributed by atoms with Gasteiger partial charge in [0.25, 0.3) is 0 Å². The molecule has 0 N–H and O–H groups in total. The van der Waals surface area contributed by atoms with Crippen LogP contribution in [0.5, 0.6) is 0 Å². The second kappa shape index (κ2) is 5.07. The molecular formula is C13H10O4S2. The third-order valence-electron chi connectivity index (χ3n) is 2.53. The Kier molecular flexibility index (Phi) is 3.64. The van der Waals surface area contributed by atoms with E-state index in [1.165, 1.54) is 35.6 Å². The largest absolute Gasteiger partial charge is 0.285 e. The van der Waals surface area contributed by atoms with Gasteiger partial charge in [-0.15, -0.1) is 0 Å². The highest BCUT2D eigenvalue weighted by Crippen LogP contribution is 2.14. The number of carbonyl (C=O) groups is 2. The van der Waals surface area contributed by atoms with Crippen LogP contribution < -0.4 is 0 Å². The van der Waals surface area contributed by atoms with Crippen LogP contribution >= 0.6 is 11.3 Å². The topological polar surface area (TPSA) is 68.3 Å². The number of benzene rings is 1. The van der Waals surface area contributed by atoms with Crippen LogP contribution in [0.2, 0.25) is 0 Å². The molecule has 1 aromatic carbocycles. The highest BCUT2D eigenvalue weighted by Gasteiger charge is 2.19. The molecule has 0 aliphatic carbocycles. The van der Waals surface area contributed by atoms with Crippen molar-refractivity contribution in [1.29, 1.82) is 0 Å². The van der Waals surface area contributed by atoms with Crippen LogP contribution in [-0.4, -0.2) is 26.2 Å². The number of ketones is 2. The lowest BCUT2D eigenvalue weighted by molar-refractivity contribution is 0.0817. The van der Waals surface area contributed by atoms with Crippen LogP contribution in [0.4, 0.5) is 0 Å². The van der Waals surface area contributed by atoms with Gasteiger partial charge in [-0.2, -0.15) is 11.3 Å². The van der Waals surface area contributed by atoms with Crippen molar-refractivity contribution in [3.8, 4) is 0 Å². The van der Waals surface area contributed by atoms with Crippen molar-refractivity contribution < 1.29 is 18.0 Å². The highest BCUT2D eigenvalue weighted by atomic mass is 32.2. The number of rotatable bonds is 4. The van der Waals surface area contributed by atoms with E-state index in [1.807, 2.05) is 0 Å². The molecule has 0 saturated carbocycles. The summed E-state index contributed by atoms with van der Waals surface area (Å²) < 4.78 is 22.6. The first-order valence-corrected chi connectivity index (χ1v) is 8.14. The molecule has 0 saturated heterocycles. The molecule has 19 heavy (non-hydrogen) atoms. The van der Waals surface area contributed by atoms with Crippen molar-refractivity contribution in [2.24, 2.45) is 0 Å². The standard InChI is InChI=1S/C13H10O4S2/c1-19(16,17)11-4-2-9(3-5-11)12(14)13(15)10-6-7-18-8-10/h2-8H,1H3. The van der Waals surface area contributed by atoms with Crippen molar-refractivity contribution in [1.82, 2.24) is 0 Å². The Hall–Kier alpha value is -1.79. The fourth-order valence-corrected chi connectivity index (χ4v) is 2.78. The average Bonchev–Trinajstić information content (AvgIpc) is 2.90. The zero-order valence-electron chi connectivity index (χ0n) is 9.99. The lowest BCUT2D eigenvalue weighted by Gasteiger charge is -2.01. The minimum Gasteiger partial charge on any atom is -0.285 e. The van der Waals surface area contributed by atoms with Crippen LogP contribution in [0.3, 0.4) is 0 Å². The van der Waals surface area contributed by atoms with Gasteiger partial charge < -0.3 is 0 Å². The summed E-state index contributed by atoms with van der Waals surface area (Å²) in [6.07, 6.45) is 1.08. The Morgan fingerprint density at radius 3 is 2.00 bits per heavy atom. The van der Waals surface area contributed by atoms with E-state index in [4.69, 9.17) is 0 Å². The lowest BCUT2D eigenvalue weighted by atomic mass is 10.0. The van der Waals surface area contributed by atoms with Gasteiger partial charge in [0.05, 0.1) is 4.90 Å². The Balaban J connectivity index is 2.28. The molecule has 0 spiro atoms. The predicted molar refractivity (Wildman–Crippen MR) is 72.5 cm³/mol. The zero-order valence-corrected chi connectivity index (χ0v) is 11.6. The number of sulfone groups is 1. The van der Waals surface area contributed by atoms with E-state index in [-0.39, 0.29) is 10.5 Å². The van der Waals surface area contributed by atoms with Gasteiger partial charge in [0, 0.05) is 22.8 Å². The number of hydrogen-bond acceptors (Lipinski definition) is 5. The lowest BCUT2D eigenvalue weighted by Crippen LogP contribution is -2.13. The van der Waals surface area contributed by atoms with E-state index in [0.717, 1.165) is 6.26 Å². The molecule has 0 radical (unpaired) electrons. The Morgan fingerprint density at radius 1 is 0.947 bits per heavy atom. The molecule has 0 amide bonds. The van der Waals surface area contributed by atoms with E-state index < -0.39 is 21.4 Å². The van der Waals surface area contributed by atoms with E-state index in [9.17, 15) is 18.0 Å². The molecule has 0 fully saturated rings. The maximum absolute atomic E-state index is 11.9. The molecule has 2 aromatic rings. The van der Waals surface area contributed by atoms with Crippen molar-refractivity contribution in [2.75, 3.05) is 6.26 Å². The number of thiophene rings is 1. The first-order valence-electron chi connectivity index (χ1n) is 5.31. The molecule has 0 unspecified atom stereocenters. The minimum atomic E-state index is -3.30. The van der Waals surface area contributed by atoms with Crippen LogP contribution in [0.15, 0.2) is 46.0 Å². The fourth-order valence-electron chi connectivity index (χ4n) is 1.51. The van der Waals surface area contributed by atoms with Gasteiger partial charge in [-0.3, -0.25) is 9.59 Å². The van der Waals surface area contributed by atoms with Gasteiger partial charge in [-0.1, -0.05) is 0 Å². The van der Waals surface area contributed by atoms with Gasteiger partial charge in [-0.25, -0.2) is 8.42 Å². The molecule has 0 aliphatic heterocycles. The normalized spacial score (nSPS) is 11.2.